The number of benzene rings is 1. The van der Waals surface area contributed by atoms with Gasteiger partial charge in [0.05, 0.1) is 6.10 Å². The highest BCUT2D eigenvalue weighted by Gasteiger charge is 2.06. The molecule has 0 saturated heterocycles. The second-order valence-electron chi connectivity index (χ2n) is 4.90. The molecule has 0 saturated carbocycles. The van der Waals surface area contributed by atoms with Gasteiger partial charge in [-0.05, 0) is 31.5 Å². The van der Waals surface area contributed by atoms with E-state index in [0.29, 0.717) is 5.56 Å². The van der Waals surface area contributed by atoms with Crippen molar-refractivity contribution in [1.82, 2.24) is 5.32 Å². The van der Waals surface area contributed by atoms with E-state index in [-0.39, 0.29) is 12.5 Å². The minimum Gasteiger partial charge on any atom is -0.392 e. The third-order valence-electron chi connectivity index (χ3n) is 2.82. The first-order chi connectivity index (χ1) is 9.63. The highest BCUT2D eigenvalue weighted by Crippen LogP contribution is 2.05. The minimum atomic E-state index is -0.541. The van der Waals surface area contributed by atoms with E-state index in [9.17, 15) is 4.79 Å². The lowest BCUT2D eigenvalue weighted by Crippen LogP contribution is -2.30. The molecule has 1 unspecified atom stereocenters. The SMILES string of the molecule is CCCCCC#Cc1cccc(C(=O)NCC(C)O)c1. The molecule has 3 nitrogen and oxygen atoms in total. The van der Waals surface area contributed by atoms with Gasteiger partial charge in [0.15, 0.2) is 0 Å². The van der Waals surface area contributed by atoms with Gasteiger partial charge in [0.1, 0.15) is 0 Å². The Balaban J connectivity index is 2.58. The second-order valence-corrected chi connectivity index (χ2v) is 4.90. The van der Waals surface area contributed by atoms with E-state index in [1.807, 2.05) is 12.1 Å². The maximum atomic E-state index is 11.8. The fraction of sp³-hybridized carbons (Fsp3) is 0.471. The van der Waals surface area contributed by atoms with Crippen molar-refractivity contribution >= 4 is 5.91 Å². The Morgan fingerprint density at radius 2 is 2.20 bits per heavy atom. The standard InChI is InChI=1S/C17H23NO2/c1-3-4-5-6-7-9-15-10-8-11-16(12-15)17(20)18-13-14(2)19/h8,10-12,14,19H,3-6,13H2,1-2H3,(H,18,20). The zero-order valence-electron chi connectivity index (χ0n) is 12.3. The lowest BCUT2D eigenvalue weighted by Gasteiger charge is -2.07. The smallest absolute Gasteiger partial charge is 0.251 e. The van der Waals surface area contributed by atoms with Crippen LogP contribution in [0.25, 0.3) is 0 Å². The van der Waals surface area contributed by atoms with Gasteiger partial charge in [-0.15, -0.1) is 0 Å². The van der Waals surface area contributed by atoms with Gasteiger partial charge >= 0.3 is 0 Å². The van der Waals surface area contributed by atoms with E-state index < -0.39 is 6.10 Å². The molecule has 1 rings (SSSR count). The average Bonchev–Trinajstić information content (AvgIpc) is 2.45. The van der Waals surface area contributed by atoms with E-state index in [2.05, 4.69) is 24.1 Å². The summed E-state index contributed by atoms with van der Waals surface area (Å²) in [5, 5.41) is 11.8. The van der Waals surface area contributed by atoms with Crippen molar-refractivity contribution in [2.75, 3.05) is 6.54 Å². The van der Waals surface area contributed by atoms with Gasteiger partial charge in [-0.2, -0.15) is 0 Å². The predicted octanol–water partition coefficient (Wildman–Crippen LogP) is 2.73. The normalized spacial score (nSPS) is 11.3. The first-order valence-corrected chi connectivity index (χ1v) is 7.18. The van der Waals surface area contributed by atoms with Gasteiger partial charge in [-0.25, -0.2) is 0 Å². The molecule has 0 aliphatic heterocycles. The molecule has 0 aliphatic rings. The summed E-state index contributed by atoms with van der Waals surface area (Å²) in [5.41, 5.74) is 1.43. The topological polar surface area (TPSA) is 49.3 Å². The summed E-state index contributed by atoms with van der Waals surface area (Å²) < 4.78 is 0. The van der Waals surface area contributed by atoms with E-state index in [0.717, 1.165) is 18.4 Å². The number of nitrogens with one attached hydrogen (secondary N) is 1. The number of amides is 1. The summed E-state index contributed by atoms with van der Waals surface area (Å²) in [4.78, 5) is 11.8. The second kappa shape index (κ2) is 9.17. The van der Waals surface area contributed by atoms with Crippen molar-refractivity contribution in [3.8, 4) is 11.8 Å². The molecule has 0 heterocycles. The number of hydrogen-bond donors (Lipinski definition) is 2. The predicted molar refractivity (Wildman–Crippen MR) is 81.5 cm³/mol. The highest BCUT2D eigenvalue weighted by atomic mass is 16.3. The maximum Gasteiger partial charge on any atom is 0.251 e. The Hall–Kier alpha value is -1.79. The molecule has 1 amide bonds. The largest absolute Gasteiger partial charge is 0.392 e. The number of carbonyl (C=O) groups excluding carboxylic acids is 1. The monoisotopic (exact) mass is 273 g/mol. The molecular formula is C17H23NO2. The average molecular weight is 273 g/mol. The van der Waals surface area contributed by atoms with Crippen molar-refractivity contribution in [2.45, 2.75) is 45.6 Å². The molecule has 0 fully saturated rings. The van der Waals surface area contributed by atoms with E-state index in [1.54, 1.807) is 19.1 Å². The summed E-state index contributed by atoms with van der Waals surface area (Å²) in [7, 11) is 0. The van der Waals surface area contributed by atoms with Crippen molar-refractivity contribution in [1.29, 1.82) is 0 Å². The van der Waals surface area contributed by atoms with Crippen molar-refractivity contribution in [3.05, 3.63) is 35.4 Å². The van der Waals surface area contributed by atoms with Crippen LogP contribution in [0.2, 0.25) is 0 Å². The third kappa shape index (κ3) is 6.40. The van der Waals surface area contributed by atoms with Crippen LogP contribution >= 0.6 is 0 Å². The van der Waals surface area contributed by atoms with Crippen molar-refractivity contribution in [2.24, 2.45) is 0 Å². The first kappa shape index (κ1) is 16.3. The van der Waals surface area contributed by atoms with Crippen molar-refractivity contribution in [3.63, 3.8) is 0 Å². The van der Waals surface area contributed by atoms with Crippen LogP contribution in [0.3, 0.4) is 0 Å². The zero-order chi connectivity index (χ0) is 14.8. The van der Waals surface area contributed by atoms with Gasteiger partial charge in [0.2, 0.25) is 0 Å². The van der Waals surface area contributed by atoms with E-state index in [4.69, 9.17) is 5.11 Å². The molecule has 0 radical (unpaired) electrons. The Bertz CT molecular complexity index is 483. The number of carbonyl (C=O) groups is 1. The zero-order valence-corrected chi connectivity index (χ0v) is 12.3. The lowest BCUT2D eigenvalue weighted by atomic mass is 10.1. The molecule has 1 aromatic carbocycles. The molecule has 1 aromatic rings. The number of unbranched alkanes of at least 4 members (excludes halogenated alkanes) is 3. The van der Waals surface area contributed by atoms with Gasteiger partial charge in [0.25, 0.3) is 5.91 Å². The van der Waals surface area contributed by atoms with Crippen molar-refractivity contribution < 1.29 is 9.90 Å². The Labute approximate surface area is 121 Å². The van der Waals surface area contributed by atoms with Gasteiger partial charge in [-0.1, -0.05) is 37.7 Å². The summed E-state index contributed by atoms with van der Waals surface area (Å²) in [6.07, 6.45) is 3.88. The lowest BCUT2D eigenvalue weighted by molar-refractivity contribution is 0.0924. The number of aliphatic hydroxyl groups is 1. The van der Waals surface area contributed by atoms with E-state index >= 15 is 0 Å². The van der Waals surface area contributed by atoms with E-state index in [1.165, 1.54) is 12.8 Å². The van der Waals surface area contributed by atoms with Crippen LogP contribution in [-0.2, 0) is 0 Å². The van der Waals surface area contributed by atoms with Crippen LogP contribution in [0.5, 0.6) is 0 Å². The van der Waals surface area contributed by atoms with Crippen LogP contribution in [0.1, 0.15) is 55.5 Å². The van der Waals surface area contributed by atoms with Crippen LogP contribution in [0, 0.1) is 11.8 Å². The summed E-state index contributed by atoms with van der Waals surface area (Å²) in [6, 6.07) is 7.26. The first-order valence-electron chi connectivity index (χ1n) is 7.18. The molecule has 0 bridgehead atoms. The maximum absolute atomic E-state index is 11.8. The fourth-order valence-corrected chi connectivity index (χ4v) is 1.71. The molecular weight excluding hydrogens is 250 g/mol. The minimum absolute atomic E-state index is 0.180. The van der Waals surface area contributed by atoms with Crippen LogP contribution in [-0.4, -0.2) is 23.7 Å². The molecule has 3 heteroatoms. The summed E-state index contributed by atoms with van der Waals surface area (Å²) in [5.74, 6) is 6.04. The fourth-order valence-electron chi connectivity index (χ4n) is 1.71. The molecule has 1 atom stereocenters. The Kier molecular flexibility index (Phi) is 7.46. The molecule has 2 N–H and O–H groups in total. The van der Waals surface area contributed by atoms with Crippen LogP contribution in [0.15, 0.2) is 24.3 Å². The number of rotatable bonds is 6. The summed E-state index contributed by atoms with van der Waals surface area (Å²) in [6.45, 7) is 4.06. The molecule has 0 spiro atoms. The Morgan fingerprint density at radius 3 is 2.90 bits per heavy atom. The van der Waals surface area contributed by atoms with Gasteiger partial charge < -0.3 is 10.4 Å². The van der Waals surface area contributed by atoms with Gasteiger partial charge in [0, 0.05) is 24.1 Å². The molecule has 0 aliphatic carbocycles. The third-order valence-corrected chi connectivity index (χ3v) is 2.82. The highest BCUT2D eigenvalue weighted by molar-refractivity contribution is 5.94. The summed E-state index contributed by atoms with van der Waals surface area (Å²) >= 11 is 0. The number of hydrogen-bond acceptors (Lipinski definition) is 2. The van der Waals surface area contributed by atoms with Gasteiger partial charge in [-0.3, -0.25) is 4.79 Å². The quantitative estimate of drug-likeness (QED) is 0.618. The molecule has 0 aromatic heterocycles. The van der Waals surface area contributed by atoms with Crippen LogP contribution < -0.4 is 5.32 Å². The van der Waals surface area contributed by atoms with Crippen LogP contribution in [0.4, 0.5) is 0 Å². The Morgan fingerprint density at radius 1 is 1.40 bits per heavy atom. The molecule has 108 valence electrons. The number of aliphatic hydroxyl groups excluding tert-OH is 1. The molecule has 20 heavy (non-hydrogen) atoms.